The number of hydrogen-bond donors (Lipinski definition) is 4. The fourth-order valence-corrected chi connectivity index (χ4v) is 4.93. The summed E-state index contributed by atoms with van der Waals surface area (Å²) in [7, 11) is 0. The number of fused-ring (bicyclic) bond motifs is 2. The number of rotatable bonds is 3. The summed E-state index contributed by atoms with van der Waals surface area (Å²) >= 11 is 0. The van der Waals surface area contributed by atoms with Crippen molar-refractivity contribution in [2.45, 2.75) is 38.6 Å². The molecule has 4 N–H and O–H groups in total. The first-order valence-corrected chi connectivity index (χ1v) is 10.8. The molecule has 1 aromatic carbocycles. The molecule has 4 heterocycles. The van der Waals surface area contributed by atoms with Crippen LogP contribution in [0.2, 0.25) is 0 Å². The van der Waals surface area contributed by atoms with Gasteiger partial charge in [-0.3, -0.25) is 24.6 Å². The second kappa shape index (κ2) is 8.01. The third kappa shape index (κ3) is 3.92. The van der Waals surface area contributed by atoms with Crippen molar-refractivity contribution in [1.29, 1.82) is 0 Å². The molecule has 3 amide bonds. The van der Waals surface area contributed by atoms with Crippen LogP contribution >= 0.6 is 0 Å². The molecule has 0 aliphatic carbocycles. The van der Waals surface area contributed by atoms with Crippen LogP contribution < -0.4 is 30.7 Å². The van der Waals surface area contributed by atoms with E-state index in [-0.39, 0.29) is 37.2 Å². The standard InChI is InChI=1S/C21H27N5O5/c1-11-3-2-6-26(9-11)21-24-18-17(20(29)25-21)13(8-16(27)23-18)19(28)22-12-4-5-14-15(7-12)31-10-30-14/h4-5,7,11,13,17-18,21,24H,2-3,6,8-10H2,1H3,(H,22,28)(H,23,27)(H,25,29). The first-order chi connectivity index (χ1) is 15.0. The van der Waals surface area contributed by atoms with Crippen molar-refractivity contribution in [3.05, 3.63) is 18.2 Å². The van der Waals surface area contributed by atoms with Crippen LogP contribution in [-0.2, 0) is 14.4 Å². The van der Waals surface area contributed by atoms with Gasteiger partial charge in [-0.1, -0.05) is 6.92 Å². The number of benzene rings is 1. The van der Waals surface area contributed by atoms with Crippen molar-refractivity contribution >= 4 is 23.4 Å². The van der Waals surface area contributed by atoms with Crippen molar-refractivity contribution in [3.8, 4) is 11.5 Å². The van der Waals surface area contributed by atoms with Gasteiger partial charge in [0.05, 0.1) is 18.0 Å². The van der Waals surface area contributed by atoms with E-state index >= 15 is 0 Å². The average Bonchev–Trinajstić information content (AvgIpc) is 3.20. The molecule has 5 rings (SSSR count). The maximum Gasteiger partial charge on any atom is 0.231 e. The predicted octanol–water partition coefficient (Wildman–Crippen LogP) is 0.167. The molecule has 10 heteroatoms. The lowest BCUT2D eigenvalue weighted by atomic mass is 9.81. The lowest BCUT2D eigenvalue weighted by Crippen LogP contribution is -2.74. The zero-order valence-corrected chi connectivity index (χ0v) is 17.3. The van der Waals surface area contributed by atoms with Gasteiger partial charge >= 0.3 is 0 Å². The van der Waals surface area contributed by atoms with Gasteiger partial charge < -0.3 is 25.4 Å². The van der Waals surface area contributed by atoms with Crippen LogP contribution in [0.15, 0.2) is 18.2 Å². The summed E-state index contributed by atoms with van der Waals surface area (Å²) < 4.78 is 10.6. The molecule has 10 nitrogen and oxygen atoms in total. The third-order valence-corrected chi connectivity index (χ3v) is 6.46. The largest absolute Gasteiger partial charge is 0.454 e. The lowest BCUT2D eigenvalue weighted by Gasteiger charge is -2.47. The van der Waals surface area contributed by atoms with E-state index in [1.807, 2.05) is 0 Å². The predicted molar refractivity (Wildman–Crippen MR) is 110 cm³/mol. The zero-order chi connectivity index (χ0) is 21.5. The van der Waals surface area contributed by atoms with Crippen LogP contribution in [0.4, 0.5) is 5.69 Å². The molecule has 31 heavy (non-hydrogen) atoms. The molecule has 166 valence electrons. The zero-order valence-electron chi connectivity index (χ0n) is 17.3. The summed E-state index contributed by atoms with van der Waals surface area (Å²) in [5.41, 5.74) is 0.529. The smallest absolute Gasteiger partial charge is 0.231 e. The lowest BCUT2D eigenvalue weighted by molar-refractivity contribution is -0.148. The van der Waals surface area contributed by atoms with E-state index in [4.69, 9.17) is 9.47 Å². The maximum atomic E-state index is 13.1. The number of likely N-dealkylation sites (tertiary alicyclic amines) is 1. The summed E-state index contributed by atoms with van der Waals surface area (Å²) in [6.07, 6.45) is 1.24. The molecule has 1 aromatic rings. The van der Waals surface area contributed by atoms with E-state index in [1.165, 1.54) is 6.42 Å². The number of nitrogens with zero attached hydrogens (tertiary/aromatic N) is 1. The number of nitrogens with one attached hydrogen (secondary N) is 4. The van der Waals surface area contributed by atoms with E-state index in [0.717, 1.165) is 19.5 Å². The topological polar surface area (TPSA) is 121 Å². The van der Waals surface area contributed by atoms with Gasteiger partial charge in [0.1, 0.15) is 6.29 Å². The minimum atomic E-state index is -0.780. The van der Waals surface area contributed by atoms with Crippen molar-refractivity contribution in [1.82, 2.24) is 20.9 Å². The second-order valence-electron chi connectivity index (χ2n) is 8.76. The van der Waals surface area contributed by atoms with Gasteiger partial charge in [-0.2, -0.15) is 0 Å². The number of carbonyl (C=O) groups is 3. The highest BCUT2D eigenvalue weighted by Crippen LogP contribution is 2.35. The molecule has 0 radical (unpaired) electrons. The number of ether oxygens (including phenoxy) is 2. The Kier molecular flexibility index (Phi) is 5.19. The number of carbonyl (C=O) groups excluding carboxylic acids is 3. The van der Waals surface area contributed by atoms with Crippen molar-refractivity contribution in [2.24, 2.45) is 17.8 Å². The molecule has 0 spiro atoms. The van der Waals surface area contributed by atoms with E-state index < -0.39 is 18.0 Å². The van der Waals surface area contributed by atoms with Crippen molar-refractivity contribution in [3.63, 3.8) is 0 Å². The summed E-state index contributed by atoms with van der Waals surface area (Å²) in [4.78, 5) is 40.7. The molecule has 5 atom stereocenters. The van der Waals surface area contributed by atoms with Crippen LogP contribution in [0.25, 0.3) is 0 Å². The van der Waals surface area contributed by atoms with E-state index in [0.29, 0.717) is 23.1 Å². The van der Waals surface area contributed by atoms with E-state index in [9.17, 15) is 14.4 Å². The molecular weight excluding hydrogens is 402 g/mol. The van der Waals surface area contributed by atoms with Gasteiger partial charge in [0.25, 0.3) is 0 Å². The van der Waals surface area contributed by atoms with Crippen LogP contribution in [0, 0.1) is 17.8 Å². The van der Waals surface area contributed by atoms with Crippen LogP contribution in [-0.4, -0.2) is 55.0 Å². The highest BCUT2D eigenvalue weighted by molar-refractivity contribution is 6.00. The monoisotopic (exact) mass is 429 g/mol. The molecular formula is C21H27N5O5. The highest BCUT2D eigenvalue weighted by atomic mass is 16.7. The minimum absolute atomic E-state index is 0.0436. The molecule has 0 saturated carbocycles. The van der Waals surface area contributed by atoms with Gasteiger partial charge in [0, 0.05) is 31.3 Å². The summed E-state index contributed by atoms with van der Waals surface area (Å²) in [6.45, 7) is 4.08. The Morgan fingerprint density at radius 2 is 2.03 bits per heavy atom. The van der Waals surface area contributed by atoms with Gasteiger partial charge in [-0.25, -0.2) is 0 Å². The Balaban J connectivity index is 1.30. The summed E-state index contributed by atoms with van der Waals surface area (Å²) in [6, 6.07) is 5.10. The molecule has 3 saturated heterocycles. The Bertz CT molecular complexity index is 908. The summed E-state index contributed by atoms with van der Waals surface area (Å²) in [5, 5.41) is 12.0. The molecule has 4 aliphatic rings. The molecule has 5 unspecified atom stereocenters. The Morgan fingerprint density at radius 1 is 1.19 bits per heavy atom. The number of amides is 3. The van der Waals surface area contributed by atoms with E-state index in [1.54, 1.807) is 18.2 Å². The van der Waals surface area contributed by atoms with Crippen LogP contribution in [0.5, 0.6) is 11.5 Å². The number of hydrogen-bond acceptors (Lipinski definition) is 7. The minimum Gasteiger partial charge on any atom is -0.454 e. The van der Waals surface area contributed by atoms with Gasteiger partial charge in [-0.15, -0.1) is 0 Å². The molecule has 4 aliphatic heterocycles. The normalized spacial score (nSPS) is 32.6. The maximum absolute atomic E-state index is 13.1. The molecule has 3 fully saturated rings. The van der Waals surface area contributed by atoms with Crippen LogP contribution in [0.3, 0.4) is 0 Å². The first-order valence-electron chi connectivity index (χ1n) is 10.8. The van der Waals surface area contributed by atoms with E-state index in [2.05, 4.69) is 33.1 Å². The van der Waals surface area contributed by atoms with Gasteiger partial charge in [0.2, 0.25) is 24.5 Å². The van der Waals surface area contributed by atoms with Crippen molar-refractivity contribution in [2.75, 3.05) is 25.2 Å². The Morgan fingerprint density at radius 3 is 2.87 bits per heavy atom. The first kappa shape index (κ1) is 20.1. The molecule has 0 aromatic heterocycles. The number of piperidine rings is 2. The number of anilines is 1. The third-order valence-electron chi connectivity index (χ3n) is 6.46. The Hall–Kier alpha value is -2.85. The quantitative estimate of drug-likeness (QED) is 0.540. The van der Waals surface area contributed by atoms with Crippen molar-refractivity contribution < 1.29 is 23.9 Å². The fraction of sp³-hybridized carbons (Fsp3) is 0.571. The fourth-order valence-electron chi connectivity index (χ4n) is 4.93. The van der Waals surface area contributed by atoms with Crippen LogP contribution in [0.1, 0.15) is 26.2 Å². The van der Waals surface area contributed by atoms with Gasteiger partial charge in [0.15, 0.2) is 11.5 Å². The Labute approximate surface area is 180 Å². The average molecular weight is 429 g/mol. The highest BCUT2D eigenvalue weighted by Gasteiger charge is 2.49. The summed E-state index contributed by atoms with van der Waals surface area (Å²) in [5.74, 6) is -0.602. The second-order valence-corrected chi connectivity index (χ2v) is 8.76. The molecule has 0 bridgehead atoms. The van der Waals surface area contributed by atoms with Gasteiger partial charge in [-0.05, 0) is 30.9 Å². The SMILES string of the molecule is CC1CCCN(C2NC(=O)C3C(NC(=O)CC3C(=O)Nc3ccc4c(c3)OCO4)N2)C1.